The Balaban J connectivity index is 2.30. The molecule has 3 nitrogen and oxygen atoms in total. The number of nitrogens with two attached hydrogens (primary N) is 1. The van der Waals surface area contributed by atoms with E-state index in [9.17, 15) is 0 Å². The second-order valence-corrected chi connectivity index (χ2v) is 5.28. The monoisotopic (exact) mass is 285 g/mol. The Hall–Kier alpha value is -2.00. The van der Waals surface area contributed by atoms with Crippen LogP contribution in [0.25, 0.3) is 0 Å². The Morgan fingerprint density at radius 3 is 2.33 bits per heavy atom. The Labute approximate surface area is 126 Å². The molecule has 0 aromatic heterocycles. The Bertz CT molecular complexity index is 576. The van der Waals surface area contributed by atoms with Crippen LogP contribution in [-0.2, 0) is 5.54 Å². The Morgan fingerprint density at radius 2 is 1.71 bits per heavy atom. The molecule has 0 fully saturated rings. The van der Waals surface area contributed by atoms with Gasteiger partial charge in [-0.15, -0.1) is 0 Å². The fourth-order valence-electron chi connectivity index (χ4n) is 2.35. The summed E-state index contributed by atoms with van der Waals surface area (Å²) < 4.78 is 11.0. The van der Waals surface area contributed by atoms with Crippen LogP contribution in [0.4, 0.5) is 0 Å². The molecule has 0 radical (unpaired) electrons. The lowest BCUT2D eigenvalue weighted by Crippen LogP contribution is -2.34. The maximum atomic E-state index is 6.57. The molecule has 2 N–H and O–H groups in total. The van der Waals surface area contributed by atoms with E-state index in [0.29, 0.717) is 0 Å². The van der Waals surface area contributed by atoms with Gasteiger partial charge in [-0.05, 0) is 37.1 Å². The van der Waals surface area contributed by atoms with Gasteiger partial charge in [-0.2, -0.15) is 0 Å². The lowest BCUT2D eigenvalue weighted by molar-refractivity contribution is 0.317. The minimum atomic E-state index is -0.615. The highest BCUT2D eigenvalue weighted by Gasteiger charge is 2.26. The summed E-state index contributed by atoms with van der Waals surface area (Å²) in [7, 11) is 1.66. The summed E-state index contributed by atoms with van der Waals surface area (Å²) in [5.41, 5.74) is 7.94. The van der Waals surface area contributed by atoms with Crippen molar-refractivity contribution in [1.29, 1.82) is 0 Å². The Morgan fingerprint density at radius 1 is 1.05 bits per heavy atom. The number of ether oxygens (including phenoxy) is 2. The number of rotatable bonds is 6. The molecule has 0 saturated heterocycles. The van der Waals surface area contributed by atoms with E-state index in [1.165, 1.54) is 0 Å². The molecule has 0 aliphatic carbocycles. The van der Waals surface area contributed by atoms with Crippen LogP contribution >= 0.6 is 0 Å². The van der Waals surface area contributed by atoms with Gasteiger partial charge in [0.1, 0.15) is 11.5 Å². The van der Waals surface area contributed by atoms with Crippen molar-refractivity contribution in [3.8, 4) is 11.5 Å². The molecule has 21 heavy (non-hydrogen) atoms. The van der Waals surface area contributed by atoms with Gasteiger partial charge in [0.25, 0.3) is 0 Å². The zero-order valence-corrected chi connectivity index (χ0v) is 12.9. The summed E-state index contributed by atoms with van der Waals surface area (Å²) in [5.74, 6) is 1.67. The molecule has 0 amide bonds. The van der Waals surface area contributed by atoms with Gasteiger partial charge in [0.15, 0.2) is 0 Å². The lowest BCUT2D eigenvalue weighted by Gasteiger charge is -2.27. The highest BCUT2D eigenvalue weighted by molar-refractivity contribution is 5.46. The van der Waals surface area contributed by atoms with E-state index < -0.39 is 5.54 Å². The van der Waals surface area contributed by atoms with Gasteiger partial charge < -0.3 is 15.2 Å². The smallest absolute Gasteiger partial charge is 0.124 e. The summed E-state index contributed by atoms with van der Waals surface area (Å²) in [4.78, 5) is 0. The maximum Gasteiger partial charge on any atom is 0.124 e. The largest absolute Gasteiger partial charge is 0.496 e. The first kappa shape index (κ1) is 15.4. The van der Waals surface area contributed by atoms with E-state index in [0.717, 1.165) is 35.7 Å². The highest BCUT2D eigenvalue weighted by Crippen LogP contribution is 2.33. The second-order valence-electron chi connectivity index (χ2n) is 5.28. The molecule has 1 unspecified atom stereocenters. The van der Waals surface area contributed by atoms with Crippen LogP contribution in [0, 0.1) is 0 Å². The number of hydrogen-bond acceptors (Lipinski definition) is 3. The molecule has 0 spiro atoms. The molecule has 2 aromatic carbocycles. The van der Waals surface area contributed by atoms with Crippen LogP contribution in [0.5, 0.6) is 11.5 Å². The fraction of sp³-hybridized carbons (Fsp3) is 0.333. The zero-order valence-electron chi connectivity index (χ0n) is 12.9. The average Bonchev–Trinajstić information content (AvgIpc) is 2.53. The predicted molar refractivity (Wildman–Crippen MR) is 85.9 cm³/mol. The first-order chi connectivity index (χ1) is 10.1. The van der Waals surface area contributed by atoms with Gasteiger partial charge in [-0.1, -0.05) is 37.3 Å². The topological polar surface area (TPSA) is 44.5 Å². The molecule has 2 rings (SSSR count). The lowest BCUT2D eigenvalue weighted by atomic mass is 9.85. The van der Waals surface area contributed by atoms with Gasteiger partial charge >= 0.3 is 0 Å². The van der Waals surface area contributed by atoms with Crippen molar-refractivity contribution in [2.75, 3.05) is 13.7 Å². The van der Waals surface area contributed by atoms with Gasteiger partial charge in [-0.25, -0.2) is 0 Å². The third-order valence-corrected chi connectivity index (χ3v) is 3.59. The number of hydrogen-bond donors (Lipinski definition) is 1. The summed E-state index contributed by atoms with van der Waals surface area (Å²) in [6, 6.07) is 15.8. The zero-order chi connectivity index (χ0) is 15.3. The van der Waals surface area contributed by atoms with E-state index in [-0.39, 0.29) is 0 Å². The molecule has 0 aliphatic rings. The quantitative estimate of drug-likeness (QED) is 0.880. The van der Waals surface area contributed by atoms with Crippen molar-refractivity contribution in [2.45, 2.75) is 25.8 Å². The highest BCUT2D eigenvalue weighted by atomic mass is 16.5. The van der Waals surface area contributed by atoms with Crippen molar-refractivity contribution in [2.24, 2.45) is 5.73 Å². The molecule has 3 heteroatoms. The molecule has 0 heterocycles. The molecule has 0 saturated carbocycles. The van der Waals surface area contributed by atoms with Gasteiger partial charge in [0.05, 0.1) is 19.3 Å². The Kier molecular flexibility index (Phi) is 4.86. The third-order valence-electron chi connectivity index (χ3n) is 3.59. The van der Waals surface area contributed by atoms with Gasteiger partial charge in [-0.3, -0.25) is 0 Å². The molecule has 1 atom stereocenters. The molecular weight excluding hydrogens is 262 g/mol. The minimum absolute atomic E-state index is 0.615. The summed E-state index contributed by atoms with van der Waals surface area (Å²) in [6.45, 7) is 4.81. The normalized spacial score (nSPS) is 13.5. The first-order valence-electron chi connectivity index (χ1n) is 7.25. The summed E-state index contributed by atoms with van der Waals surface area (Å²) in [5, 5.41) is 0. The van der Waals surface area contributed by atoms with Crippen molar-refractivity contribution in [1.82, 2.24) is 0 Å². The summed E-state index contributed by atoms with van der Waals surface area (Å²) >= 11 is 0. The van der Waals surface area contributed by atoms with Crippen LogP contribution in [0.15, 0.2) is 48.5 Å². The van der Waals surface area contributed by atoms with Crippen molar-refractivity contribution < 1.29 is 9.47 Å². The second kappa shape index (κ2) is 6.64. The predicted octanol–water partition coefficient (Wildman–Crippen LogP) is 3.71. The van der Waals surface area contributed by atoms with E-state index in [1.807, 2.05) is 55.5 Å². The number of para-hydroxylation sites is 1. The summed E-state index contributed by atoms with van der Waals surface area (Å²) in [6.07, 6.45) is 0.998. The van der Waals surface area contributed by atoms with Crippen molar-refractivity contribution in [3.63, 3.8) is 0 Å². The van der Waals surface area contributed by atoms with Crippen molar-refractivity contribution >= 4 is 0 Å². The molecule has 2 aromatic rings. The average molecular weight is 285 g/mol. The third kappa shape index (κ3) is 3.37. The van der Waals surface area contributed by atoms with Gasteiger partial charge in [0, 0.05) is 5.56 Å². The molecule has 0 bridgehead atoms. The van der Waals surface area contributed by atoms with Crippen LogP contribution < -0.4 is 15.2 Å². The first-order valence-corrected chi connectivity index (χ1v) is 7.25. The molecular formula is C18H23NO2. The molecule has 112 valence electrons. The van der Waals surface area contributed by atoms with E-state index in [4.69, 9.17) is 15.2 Å². The van der Waals surface area contributed by atoms with Gasteiger partial charge in [0.2, 0.25) is 0 Å². The molecule has 0 aliphatic heterocycles. The van der Waals surface area contributed by atoms with Crippen LogP contribution in [-0.4, -0.2) is 13.7 Å². The van der Waals surface area contributed by atoms with Crippen molar-refractivity contribution in [3.05, 3.63) is 59.7 Å². The van der Waals surface area contributed by atoms with E-state index in [2.05, 4.69) is 6.92 Å². The maximum absolute atomic E-state index is 6.57. The van der Waals surface area contributed by atoms with Crippen LogP contribution in [0.3, 0.4) is 0 Å². The number of methoxy groups -OCH3 is 1. The number of benzene rings is 2. The standard InChI is InChI=1S/C18H23NO2/c1-4-13-21-15-11-9-14(10-12-15)18(2,19)16-7-5-6-8-17(16)20-3/h5-12H,4,13,19H2,1-3H3. The fourth-order valence-corrected chi connectivity index (χ4v) is 2.35. The minimum Gasteiger partial charge on any atom is -0.496 e. The van der Waals surface area contributed by atoms with E-state index >= 15 is 0 Å². The van der Waals surface area contributed by atoms with Crippen LogP contribution in [0.1, 0.15) is 31.4 Å². The van der Waals surface area contributed by atoms with E-state index in [1.54, 1.807) is 7.11 Å². The van der Waals surface area contributed by atoms with Crippen LogP contribution in [0.2, 0.25) is 0 Å². The SMILES string of the molecule is CCCOc1ccc(C(C)(N)c2ccccc2OC)cc1.